The molecule has 110 valence electrons. The van der Waals surface area contributed by atoms with E-state index in [0.29, 0.717) is 17.8 Å². The van der Waals surface area contributed by atoms with E-state index in [1.807, 2.05) is 37.3 Å². The standard InChI is InChI=1S/C15H16N2O3S/c1-11-16-9-13(21-11)15(20)17(10-14(18)19)8-7-12-5-3-2-4-6-12/h2-6,9H,7-8,10H2,1H3,(H,18,19). The van der Waals surface area contributed by atoms with Gasteiger partial charge in [-0.05, 0) is 18.9 Å². The molecule has 0 radical (unpaired) electrons. The van der Waals surface area contributed by atoms with Crippen LogP contribution < -0.4 is 0 Å². The van der Waals surface area contributed by atoms with E-state index < -0.39 is 5.97 Å². The van der Waals surface area contributed by atoms with Gasteiger partial charge in [0.15, 0.2) is 0 Å². The Morgan fingerprint density at radius 2 is 2.00 bits per heavy atom. The minimum Gasteiger partial charge on any atom is -0.480 e. The number of thiazole rings is 1. The Bertz CT molecular complexity index is 625. The van der Waals surface area contributed by atoms with Crippen LogP contribution >= 0.6 is 11.3 Å². The lowest BCUT2D eigenvalue weighted by Gasteiger charge is -2.19. The molecule has 0 atom stereocenters. The summed E-state index contributed by atoms with van der Waals surface area (Å²) in [6, 6.07) is 9.68. The first-order chi connectivity index (χ1) is 10.1. The number of aromatic nitrogens is 1. The number of hydrogen-bond donors (Lipinski definition) is 1. The first-order valence-electron chi connectivity index (χ1n) is 6.53. The molecule has 0 aliphatic heterocycles. The van der Waals surface area contributed by atoms with E-state index in [1.165, 1.54) is 22.4 Å². The zero-order valence-corrected chi connectivity index (χ0v) is 12.5. The van der Waals surface area contributed by atoms with Crippen LogP contribution in [-0.4, -0.2) is 40.0 Å². The summed E-state index contributed by atoms with van der Waals surface area (Å²) < 4.78 is 0. The first-order valence-corrected chi connectivity index (χ1v) is 7.35. The van der Waals surface area contributed by atoms with Crippen molar-refractivity contribution in [2.45, 2.75) is 13.3 Å². The number of aryl methyl sites for hydroxylation is 1. The van der Waals surface area contributed by atoms with Gasteiger partial charge in [-0.1, -0.05) is 30.3 Å². The van der Waals surface area contributed by atoms with Crippen molar-refractivity contribution in [1.82, 2.24) is 9.88 Å². The van der Waals surface area contributed by atoms with Crippen LogP contribution in [0.3, 0.4) is 0 Å². The average Bonchev–Trinajstić information content (AvgIpc) is 2.90. The second kappa shape index (κ2) is 6.99. The van der Waals surface area contributed by atoms with Crippen LogP contribution in [0.25, 0.3) is 0 Å². The molecule has 6 heteroatoms. The fraction of sp³-hybridized carbons (Fsp3) is 0.267. The third-order valence-corrected chi connectivity index (χ3v) is 3.86. The molecule has 0 aliphatic carbocycles. The van der Waals surface area contributed by atoms with Crippen LogP contribution in [0.5, 0.6) is 0 Å². The summed E-state index contributed by atoms with van der Waals surface area (Å²) in [5, 5.41) is 9.76. The highest BCUT2D eigenvalue weighted by atomic mass is 32.1. The van der Waals surface area contributed by atoms with Gasteiger partial charge in [0.25, 0.3) is 5.91 Å². The topological polar surface area (TPSA) is 70.5 Å². The fourth-order valence-electron chi connectivity index (χ4n) is 1.94. The second-order valence-electron chi connectivity index (χ2n) is 4.60. The van der Waals surface area contributed by atoms with Crippen molar-refractivity contribution in [3.8, 4) is 0 Å². The van der Waals surface area contributed by atoms with Gasteiger partial charge in [-0.3, -0.25) is 9.59 Å². The monoisotopic (exact) mass is 304 g/mol. The number of benzene rings is 1. The summed E-state index contributed by atoms with van der Waals surface area (Å²) in [7, 11) is 0. The summed E-state index contributed by atoms with van der Waals surface area (Å²) in [5.74, 6) is -1.29. The highest BCUT2D eigenvalue weighted by molar-refractivity contribution is 7.13. The van der Waals surface area contributed by atoms with Crippen molar-refractivity contribution in [2.75, 3.05) is 13.1 Å². The number of carbonyl (C=O) groups excluding carboxylic acids is 1. The van der Waals surface area contributed by atoms with Gasteiger partial charge in [0, 0.05) is 6.54 Å². The van der Waals surface area contributed by atoms with E-state index in [1.54, 1.807) is 0 Å². The van der Waals surface area contributed by atoms with Gasteiger partial charge in [-0.2, -0.15) is 0 Å². The van der Waals surface area contributed by atoms with Crippen LogP contribution in [0.4, 0.5) is 0 Å². The summed E-state index contributed by atoms with van der Waals surface area (Å²) >= 11 is 1.28. The van der Waals surface area contributed by atoms with Crippen molar-refractivity contribution >= 4 is 23.2 Å². The minimum absolute atomic E-state index is 0.279. The lowest BCUT2D eigenvalue weighted by Crippen LogP contribution is -2.36. The lowest BCUT2D eigenvalue weighted by atomic mass is 10.1. The molecule has 0 saturated heterocycles. The number of amides is 1. The predicted molar refractivity (Wildman–Crippen MR) is 80.5 cm³/mol. The summed E-state index contributed by atoms with van der Waals surface area (Å²) in [6.07, 6.45) is 2.12. The normalized spacial score (nSPS) is 10.3. The molecule has 0 unspecified atom stereocenters. The first kappa shape index (κ1) is 15.2. The van der Waals surface area contributed by atoms with Gasteiger partial charge in [0.05, 0.1) is 11.2 Å². The van der Waals surface area contributed by atoms with Gasteiger partial charge in [0.2, 0.25) is 0 Å². The Labute approximate surface area is 126 Å². The Balaban J connectivity index is 2.07. The molecular formula is C15H16N2O3S. The van der Waals surface area contributed by atoms with E-state index in [4.69, 9.17) is 5.11 Å². The van der Waals surface area contributed by atoms with Crippen molar-refractivity contribution < 1.29 is 14.7 Å². The Morgan fingerprint density at radius 3 is 2.57 bits per heavy atom. The van der Waals surface area contributed by atoms with E-state index >= 15 is 0 Å². The number of nitrogens with zero attached hydrogens (tertiary/aromatic N) is 2. The lowest BCUT2D eigenvalue weighted by molar-refractivity contribution is -0.137. The molecule has 1 amide bonds. The molecule has 0 saturated carbocycles. The number of carboxylic acid groups (broad SMARTS) is 1. The van der Waals surface area contributed by atoms with Crippen LogP contribution in [-0.2, 0) is 11.2 Å². The quantitative estimate of drug-likeness (QED) is 0.888. The highest BCUT2D eigenvalue weighted by Crippen LogP contribution is 2.14. The van der Waals surface area contributed by atoms with Gasteiger partial charge in [0.1, 0.15) is 11.4 Å². The smallest absolute Gasteiger partial charge is 0.323 e. The van der Waals surface area contributed by atoms with E-state index in [0.717, 1.165) is 10.6 Å². The zero-order valence-electron chi connectivity index (χ0n) is 11.7. The predicted octanol–water partition coefficient (Wildman–Crippen LogP) is 2.22. The fourth-order valence-corrected chi connectivity index (χ4v) is 2.69. The summed E-state index contributed by atoms with van der Waals surface area (Å²) in [4.78, 5) is 29.2. The van der Waals surface area contributed by atoms with Gasteiger partial charge in [-0.15, -0.1) is 11.3 Å². The molecule has 2 rings (SSSR count). The maximum atomic E-state index is 12.3. The van der Waals surface area contributed by atoms with Crippen LogP contribution in [0, 0.1) is 6.92 Å². The molecule has 1 N–H and O–H groups in total. The number of carbonyl (C=O) groups is 2. The Hall–Kier alpha value is -2.21. The van der Waals surface area contributed by atoms with Crippen molar-refractivity contribution in [2.24, 2.45) is 0 Å². The molecule has 0 bridgehead atoms. The molecular weight excluding hydrogens is 288 g/mol. The number of hydrogen-bond acceptors (Lipinski definition) is 4. The van der Waals surface area contributed by atoms with Gasteiger partial charge in [-0.25, -0.2) is 4.98 Å². The molecule has 5 nitrogen and oxygen atoms in total. The molecule has 2 aromatic rings. The molecule has 1 aromatic carbocycles. The van der Waals surface area contributed by atoms with Crippen LogP contribution in [0.2, 0.25) is 0 Å². The Kier molecular flexibility index (Phi) is 5.05. The van der Waals surface area contributed by atoms with Crippen molar-refractivity contribution in [3.63, 3.8) is 0 Å². The molecule has 1 heterocycles. The Morgan fingerprint density at radius 1 is 1.29 bits per heavy atom. The SMILES string of the molecule is Cc1ncc(C(=O)N(CCc2ccccc2)CC(=O)O)s1. The van der Waals surface area contributed by atoms with Crippen molar-refractivity contribution in [1.29, 1.82) is 0 Å². The number of rotatable bonds is 6. The third-order valence-electron chi connectivity index (χ3n) is 2.96. The molecule has 0 spiro atoms. The maximum absolute atomic E-state index is 12.3. The van der Waals surface area contributed by atoms with Gasteiger partial charge >= 0.3 is 5.97 Å². The van der Waals surface area contributed by atoms with E-state index in [-0.39, 0.29) is 12.5 Å². The highest BCUT2D eigenvalue weighted by Gasteiger charge is 2.20. The van der Waals surface area contributed by atoms with E-state index in [9.17, 15) is 9.59 Å². The van der Waals surface area contributed by atoms with E-state index in [2.05, 4.69) is 4.98 Å². The number of carboxylic acids is 1. The van der Waals surface area contributed by atoms with Crippen LogP contribution in [0.15, 0.2) is 36.5 Å². The molecule has 0 fully saturated rings. The summed E-state index contributed by atoms with van der Waals surface area (Å²) in [6.45, 7) is 1.88. The van der Waals surface area contributed by atoms with Crippen LogP contribution in [0.1, 0.15) is 20.2 Å². The molecule has 0 aliphatic rings. The average molecular weight is 304 g/mol. The summed E-state index contributed by atoms with van der Waals surface area (Å²) in [5.41, 5.74) is 1.07. The molecule has 21 heavy (non-hydrogen) atoms. The maximum Gasteiger partial charge on any atom is 0.323 e. The second-order valence-corrected chi connectivity index (χ2v) is 5.83. The van der Waals surface area contributed by atoms with Gasteiger partial charge < -0.3 is 10.0 Å². The van der Waals surface area contributed by atoms with Crippen molar-refractivity contribution in [3.05, 3.63) is 52.0 Å². The minimum atomic E-state index is -1.02. The number of aliphatic carboxylic acids is 1. The molecule has 1 aromatic heterocycles. The largest absolute Gasteiger partial charge is 0.480 e. The third kappa shape index (κ3) is 4.39. The zero-order chi connectivity index (χ0) is 15.2.